The first-order valence-electron chi connectivity index (χ1n) is 18.8. The van der Waals surface area contributed by atoms with Crippen LogP contribution in [0.5, 0.6) is 0 Å². The van der Waals surface area contributed by atoms with E-state index in [1.807, 2.05) is 37.3 Å². The van der Waals surface area contributed by atoms with Crippen LogP contribution < -0.4 is 10.0 Å². The third-order valence-electron chi connectivity index (χ3n) is 10.4. The molecule has 13 heteroatoms. The zero-order chi connectivity index (χ0) is 38.6. The maximum atomic E-state index is 14.5. The number of nitrogens with one attached hydrogen (secondary N) is 2. The highest BCUT2D eigenvalue weighted by molar-refractivity contribution is 7.83. The van der Waals surface area contributed by atoms with Crippen molar-refractivity contribution in [1.29, 1.82) is 0 Å². The first-order valence-corrected chi connectivity index (χ1v) is 19.9. The summed E-state index contributed by atoms with van der Waals surface area (Å²) in [5.41, 5.74) is 4.02. The molecule has 0 bridgehead atoms. The van der Waals surface area contributed by atoms with Crippen molar-refractivity contribution in [1.82, 2.24) is 19.8 Å². The Hall–Kier alpha value is -4.74. The van der Waals surface area contributed by atoms with E-state index in [9.17, 15) is 28.2 Å². The number of benzene rings is 2. The van der Waals surface area contributed by atoms with E-state index in [0.29, 0.717) is 30.8 Å². The van der Waals surface area contributed by atoms with Crippen molar-refractivity contribution in [3.63, 3.8) is 0 Å². The van der Waals surface area contributed by atoms with Crippen LogP contribution in [0.3, 0.4) is 0 Å². The number of ether oxygens (including phenoxy) is 2. The van der Waals surface area contributed by atoms with Crippen LogP contribution >= 0.6 is 0 Å². The number of aryl methyl sites for hydroxylation is 1. The summed E-state index contributed by atoms with van der Waals surface area (Å²) in [4.78, 5) is 72.7. The number of nitrogens with zero attached hydrogens (tertiary/aromatic N) is 2. The summed E-state index contributed by atoms with van der Waals surface area (Å²) in [6.45, 7) is 7.91. The number of esters is 1. The first kappa shape index (κ1) is 39.0. The van der Waals surface area contributed by atoms with Crippen LogP contribution in [0.4, 0.5) is 4.79 Å². The van der Waals surface area contributed by atoms with Gasteiger partial charge in [0.15, 0.2) is 11.0 Å². The summed E-state index contributed by atoms with van der Waals surface area (Å²) in [5, 5.41) is 2.93. The lowest BCUT2D eigenvalue weighted by atomic mass is 9.95. The fourth-order valence-electron chi connectivity index (χ4n) is 7.42. The molecule has 2 N–H and O–H groups in total. The highest BCUT2D eigenvalue weighted by atomic mass is 32.2. The molecular formula is C41H50N4O8S. The highest BCUT2D eigenvalue weighted by Crippen LogP contribution is 2.45. The second-order valence-corrected chi connectivity index (χ2v) is 17.0. The lowest BCUT2D eigenvalue weighted by Crippen LogP contribution is -2.56. The van der Waals surface area contributed by atoms with Crippen LogP contribution in [0.2, 0.25) is 0 Å². The average molecular weight is 759 g/mol. The van der Waals surface area contributed by atoms with Gasteiger partial charge in [-0.3, -0.25) is 28.8 Å². The molecule has 12 nitrogen and oxygen atoms in total. The maximum absolute atomic E-state index is 14.5. The van der Waals surface area contributed by atoms with E-state index >= 15 is 0 Å². The molecule has 2 aromatic carbocycles. The minimum atomic E-state index is -1.89. The van der Waals surface area contributed by atoms with Gasteiger partial charge in [-0.2, -0.15) is 0 Å². The Labute approximate surface area is 319 Å². The number of hydrogen-bond acceptors (Lipinski definition) is 8. The Kier molecular flexibility index (Phi) is 11.8. The zero-order valence-corrected chi connectivity index (χ0v) is 32.2. The number of carbonyl (C=O) groups excluding carboxylic acids is 5. The molecule has 1 saturated heterocycles. The summed E-state index contributed by atoms with van der Waals surface area (Å²) in [6.07, 6.45) is 5.79. The topological polar surface area (TPSA) is 151 Å². The number of carbonyl (C=O) groups is 5. The van der Waals surface area contributed by atoms with Gasteiger partial charge in [0.05, 0.1) is 17.9 Å². The van der Waals surface area contributed by atoms with Gasteiger partial charge in [0.2, 0.25) is 11.8 Å². The molecule has 2 aromatic rings. The van der Waals surface area contributed by atoms with Gasteiger partial charge in [-0.05, 0) is 88.8 Å². The second-order valence-electron chi connectivity index (χ2n) is 15.8. The molecule has 2 fully saturated rings. The van der Waals surface area contributed by atoms with Crippen molar-refractivity contribution in [2.24, 2.45) is 11.8 Å². The number of fused-ring (bicyclic) bond motifs is 3. The molecule has 288 valence electrons. The Morgan fingerprint density at radius 1 is 1.02 bits per heavy atom. The summed E-state index contributed by atoms with van der Waals surface area (Å²) in [7, 11) is -1.89. The second kappa shape index (κ2) is 16.3. The Balaban J connectivity index is 1.26. The van der Waals surface area contributed by atoms with Crippen molar-refractivity contribution in [3.8, 4) is 0 Å². The van der Waals surface area contributed by atoms with Gasteiger partial charge in [-0.1, -0.05) is 54.8 Å². The van der Waals surface area contributed by atoms with Gasteiger partial charge in [0.1, 0.15) is 23.3 Å². The third kappa shape index (κ3) is 9.30. The third-order valence-corrected chi connectivity index (χ3v) is 11.5. The quantitative estimate of drug-likeness (QED) is 0.303. The molecule has 0 radical (unpaired) electrons. The molecule has 6 atom stereocenters. The van der Waals surface area contributed by atoms with Crippen molar-refractivity contribution in [3.05, 3.63) is 83.1 Å². The number of amides is 4. The lowest BCUT2D eigenvalue weighted by Gasteiger charge is -2.30. The largest absolute Gasteiger partial charge is 0.460 e. The predicted octanol–water partition coefficient (Wildman–Crippen LogP) is 5.15. The lowest BCUT2D eigenvalue weighted by molar-refractivity contribution is -0.159. The first-order chi connectivity index (χ1) is 25.7. The summed E-state index contributed by atoms with van der Waals surface area (Å²) >= 11 is 0. The van der Waals surface area contributed by atoms with Gasteiger partial charge >= 0.3 is 12.1 Å². The Bertz CT molecular complexity index is 1840. The standard InChI is InChI=1S/C41H50N4O8S/c1-27-17-19-33(20-18-27)54(51)43-38(49)41-23-31(41)16-10-8-6-5-7-9-13-28(21-35(46)53-40(2,3)4)37(48)45-26-32(22-34(45)36(47)42-41)52-39(50)44-24-29-14-11-12-15-30(29)25-44/h8,11-12,14-20,28,31-32,34H,5-7,9,13,21-26H2,1-4H3,(H,42,47)(H,43,49)/t10?,28-,31-,32-,34+,41-,54-/m1/s1. The SMILES string of the molecule is Cc1ccc([S@@](=O)NC(=O)[C@@]23C[C@H]2C=C=CCCCCC[C@H](CC(=O)OC(C)(C)C)C(=O)N2C[C@H](OC(=O)N4Cc5ccccc5C4)C[C@H]2C(=O)N3)cc1. The number of rotatable bonds is 6. The van der Waals surface area contributed by atoms with Crippen molar-refractivity contribution >= 4 is 40.8 Å². The predicted molar refractivity (Wildman–Crippen MR) is 200 cm³/mol. The molecule has 3 aliphatic heterocycles. The van der Waals surface area contributed by atoms with Crippen molar-refractivity contribution in [2.75, 3.05) is 6.54 Å². The van der Waals surface area contributed by atoms with Crippen LogP contribution in [0.25, 0.3) is 0 Å². The van der Waals surface area contributed by atoms with Crippen LogP contribution in [-0.2, 0) is 52.7 Å². The molecule has 4 aliphatic rings. The number of hydrogen-bond donors (Lipinski definition) is 2. The van der Waals surface area contributed by atoms with Gasteiger partial charge in [0, 0.05) is 31.3 Å². The normalized spacial score (nSPS) is 26.2. The molecule has 6 rings (SSSR count). The van der Waals surface area contributed by atoms with E-state index in [1.165, 1.54) is 4.90 Å². The average Bonchev–Trinajstić information content (AvgIpc) is 3.42. The summed E-state index contributed by atoms with van der Waals surface area (Å²) in [6, 6.07) is 13.6. The van der Waals surface area contributed by atoms with Crippen molar-refractivity contribution in [2.45, 2.75) is 120 Å². The van der Waals surface area contributed by atoms with Crippen LogP contribution in [-0.4, -0.2) is 73.6 Å². The molecule has 0 aromatic heterocycles. The highest BCUT2D eigenvalue weighted by Gasteiger charge is 2.61. The molecule has 0 unspecified atom stereocenters. The van der Waals surface area contributed by atoms with Crippen LogP contribution in [0, 0.1) is 18.8 Å². The maximum Gasteiger partial charge on any atom is 0.410 e. The smallest absolute Gasteiger partial charge is 0.410 e. The van der Waals surface area contributed by atoms with Gasteiger partial charge < -0.3 is 19.7 Å². The van der Waals surface area contributed by atoms with Gasteiger partial charge in [0.25, 0.3) is 5.91 Å². The minimum Gasteiger partial charge on any atom is -0.460 e. The fraction of sp³-hybridized carbons (Fsp3) is 0.512. The Morgan fingerprint density at radius 3 is 2.41 bits per heavy atom. The van der Waals surface area contributed by atoms with Crippen molar-refractivity contribution < 1.29 is 37.7 Å². The molecule has 3 heterocycles. The van der Waals surface area contributed by atoms with E-state index in [2.05, 4.69) is 15.8 Å². The van der Waals surface area contributed by atoms with E-state index in [1.54, 1.807) is 56.0 Å². The monoisotopic (exact) mass is 758 g/mol. The summed E-state index contributed by atoms with van der Waals surface area (Å²) in [5.74, 6) is -3.35. The van der Waals surface area contributed by atoms with Crippen LogP contribution in [0.1, 0.15) is 88.8 Å². The van der Waals surface area contributed by atoms with Crippen LogP contribution in [0.15, 0.2) is 71.3 Å². The van der Waals surface area contributed by atoms with Gasteiger partial charge in [-0.15, -0.1) is 5.73 Å². The zero-order valence-electron chi connectivity index (χ0n) is 31.4. The van der Waals surface area contributed by atoms with E-state index in [-0.39, 0.29) is 25.8 Å². The Morgan fingerprint density at radius 2 is 1.72 bits per heavy atom. The van der Waals surface area contributed by atoms with E-state index < -0.39 is 75.9 Å². The molecule has 54 heavy (non-hydrogen) atoms. The van der Waals surface area contributed by atoms with E-state index in [0.717, 1.165) is 36.0 Å². The molecule has 4 amide bonds. The molecule has 1 saturated carbocycles. The molecule has 1 aliphatic carbocycles. The fourth-order valence-corrected chi connectivity index (χ4v) is 8.27. The van der Waals surface area contributed by atoms with Gasteiger partial charge in [-0.25, -0.2) is 9.00 Å². The molecular weight excluding hydrogens is 709 g/mol. The minimum absolute atomic E-state index is 0.00331. The van der Waals surface area contributed by atoms with E-state index in [4.69, 9.17) is 9.47 Å². The summed E-state index contributed by atoms with van der Waals surface area (Å²) < 4.78 is 27.4. The molecule has 0 spiro atoms.